The SMILES string of the molecule is COC(=O)/C=C(\C)c1occc1C=NC(C)(C)C. The Labute approximate surface area is 107 Å². The third kappa shape index (κ3) is 4.20. The monoisotopic (exact) mass is 249 g/mol. The maximum absolute atomic E-state index is 11.2. The van der Waals surface area contributed by atoms with Gasteiger partial charge in [0, 0.05) is 17.9 Å². The molecule has 0 atom stereocenters. The summed E-state index contributed by atoms with van der Waals surface area (Å²) in [6.07, 6.45) is 4.73. The maximum atomic E-state index is 11.2. The van der Waals surface area contributed by atoms with Gasteiger partial charge < -0.3 is 9.15 Å². The zero-order chi connectivity index (χ0) is 13.8. The van der Waals surface area contributed by atoms with Crippen LogP contribution in [0.25, 0.3) is 5.57 Å². The number of hydrogen-bond acceptors (Lipinski definition) is 4. The molecule has 0 saturated heterocycles. The molecule has 1 aromatic heterocycles. The van der Waals surface area contributed by atoms with Crippen molar-refractivity contribution in [3.63, 3.8) is 0 Å². The first-order valence-corrected chi connectivity index (χ1v) is 5.73. The Hall–Kier alpha value is -1.84. The molecule has 0 aliphatic rings. The van der Waals surface area contributed by atoms with E-state index in [4.69, 9.17) is 4.42 Å². The van der Waals surface area contributed by atoms with Gasteiger partial charge in [-0.15, -0.1) is 0 Å². The molecule has 0 N–H and O–H groups in total. The minimum Gasteiger partial charge on any atom is -0.466 e. The van der Waals surface area contributed by atoms with Crippen molar-refractivity contribution in [1.29, 1.82) is 0 Å². The predicted octanol–water partition coefficient (Wildman–Crippen LogP) is 3.07. The third-order valence-corrected chi connectivity index (χ3v) is 2.18. The first kappa shape index (κ1) is 14.2. The molecule has 0 radical (unpaired) electrons. The summed E-state index contributed by atoms with van der Waals surface area (Å²) < 4.78 is 9.95. The third-order valence-electron chi connectivity index (χ3n) is 2.18. The number of methoxy groups -OCH3 is 1. The molecule has 1 heterocycles. The second kappa shape index (κ2) is 5.67. The predicted molar refractivity (Wildman–Crippen MR) is 71.7 cm³/mol. The molecule has 0 unspecified atom stereocenters. The minimum absolute atomic E-state index is 0.144. The van der Waals surface area contributed by atoms with E-state index in [0.29, 0.717) is 11.3 Å². The Balaban J connectivity index is 3.00. The van der Waals surface area contributed by atoms with E-state index < -0.39 is 5.97 Å². The molecule has 0 aliphatic carbocycles. The number of furan rings is 1. The average Bonchev–Trinajstić information content (AvgIpc) is 2.73. The number of carbonyl (C=O) groups excluding carboxylic acids is 1. The first-order valence-electron chi connectivity index (χ1n) is 5.73. The second-order valence-corrected chi connectivity index (χ2v) is 4.98. The van der Waals surface area contributed by atoms with Crippen LogP contribution in [0.1, 0.15) is 39.0 Å². The number of aliphatic imine (C=N–C) groups is 1. The molecule has 0 saturated carbocycles. The van der Waals surface area contributed by atoms with Crippen molar-refractivity contribution in [1.82, 2.24) is 0 Å². The van der Waals surface area contributed by atoms with Gasteiger partial charge in [0.1, 0.15) is 5.76 Å². The van der Waals surface area contributed by atoms with Crippen LogP contribution >= 0.6 is 0 Å². The van der Waals surface area contributed by atoms with Gasteiger partial charge in [0.2, 0.25) is 0 Å². The van der Waals surface area contributed by atoms with Gasteiger partial charge in [0.25, 0.3) is 0 Å². The number of esters is 1. The van der Waals surface area contributed by atoms with Crippen LogP contribution in [-0.4, -0.2) is 24.8 Å². The fourth-order valence-electron chi connectivity index (χ4n) is 1.31. The van der Waals surface area contributed by atoms with Gasteiger partial charge in [0.15, 0.2) is 0 Å². The highest BCUT2D eigenvalue weighted by Gasteiger charge is 2.10. The lowest BCUT2D eigenvalue weighted by Gasteiger charge is -2.10. The van der Waals surface area contributed by atoms with Crippen molar-refractivity contribution in [2.75, 3.05) is 7.11 Å². The molecule has 98 valence electrons. The smallest absolute Gasteiger partial charge is 0.330 e. The minimum atomic E-state index is -0.400. The summed E-state index contributed by atoms with van der Waals surface area (Å²) in [5, 5.41) is 0. The Bertz CT molecular complexity index is 475. The van der Waals surface area contributed by atoms with Crippen LogP contribution in [0.2, 0.25) is 0 Å². The van der Waals surface area contributed by atoms with Crippen molar-refractivity contribution in [3.8, 4) is 0 Å². The Kier molecular flexibility index (Phi) is 4.48. The van der Waals surface area contributed by atoms with Crippen molar-refractivity contribution >= 4 is 17.8 Å². The Morgan fingerprint density at radius 3 is 2.67 bits per heavy atom. The normalized spacial score (nSPS) is 13.1. The number of ether oxygens (including phenoxy) is 1. The van der Waals surface area contributed by atoms with Crippen molar-refractivity contribution in [3.05, 3.63) is 29.7 Å². The zero-order valence-corrected chi connectivity index (χ0v) is 11.5. The molecule has 0 fully saturated rings. The highest BCUT2D eigenvalue weighted by atomic mass is 16.5. The lowest BCUT2D eigenvalue weighted by Crippen LogP contribution is -2.09. The van der Waals surface area contributed by atoms with Crippen molar-refractivity contribution < 1.29 is 13.9 Å². The van der Waals surface area contributed by atoms with Crippen LogP contribution < -0.4 is 0 Å². The van der Waals surface area contributed by atoms with Gasteiger partial charge in [-0.3, -0.25) is 4.99 Å². The van der Waals surface area contributed by atoms with Gasteiger partial charge >= 0.3 is 5.97 Å². The molecular formula is C14H19NO3. The van der Waals surface area contributed by atoms with Crippen LogP contribution in [0.5, 0.6) is 0 Å². The fourth-order valence-corrected chi connectivity index (χ4v) is 1.31. The summed E-state index contributed by atoms with van der Waals surface area (Å²) in [5.74, 6) is 0.232. The number of nitrogens with zero attached hydrogens (tertiary/aromatic N) is 1. The molecule has 4 nitrogen and oxygen atoms in total. The van der Waals surface area contributed by atoms with Gasteiger partial charge in [0.05, 0.1) is 18.9 Å². The molecule has 0 bridgehead atoms. The lowest BCUT2D eigenvalue weighted by molar-refractivity contribution is -0.134. The fraction of sp³-hybridized carbons (Fsp3) is 0.429. The van der Waals surface area contributed by atoms with E-state index in [-0.39, 0.29) is 5.54 Å². The van der Waals surface area contributed by atoms with Crippen LogP contribution in [-0.2, 0) is 9.53 Å². The quantitative estimate of drug-likeness (QED) is 0.470. The second-order valence-electron chi connectivity index (χ2n) is 4.98. The molecule has 1 aromatic rings. The van der Waals surface area contributed by atoms with E-state index in [1.165, 1.54) is 13.2 Å². The summed E-state index contributed by atoms with van der Waals surface area (Å²) in [7, 11) is 1.34. The van der Waals surface area contributed by atoms with Gasteiger partial charge in [-0.05, 0) is 39.3 Å². The van der Waals surface area contributed by atoms with Crippen LogP contribution in [0.15, 0.2) is 27.8 Å². The Morgan fingerprint density at radius 2 is 2.11 bits per heavy atom. The van der Waals surface area contributed by atoms with E-state index in [2.05, 4.69) is 9.73 Å². The van der Waals surface area contributed by atoms with E-state index >= 15 is 0 Å². The van der Waals surface area contributed by atoms with Crippen molar-refractivity contribution in [2.24, 2.45) is 4.99 Å². The van der Waals surface area contributed by atoms with Gasteiger partial charge in [-0.25, -0.2) is 4.79 Å². The number of hydrogen-bond donors (Lipinski definition) is 0. The van der Waals surface area contributed by atoms with Crippen molar-refractivity contribution in [2.45, 2.75) is 33.2 Å². The molecule has 1 rings (SSSR count). The van der Waals surface area contributed by atoms with E-state index in [1.54, 1.807) is 19.4 Å². The maximum Gasteiger partial charge on any atom is 0.330 e. The number of allylic oxidation sites excluding steroid dienone is 1. The van der Waals surface area contributed by atoms with Crippen LogP contribution in [0, 0.1) is 0 Å². The van der Waals surface area contributed by atoms with E-state index in [9.17, 15) is 4.79 Å². The van der Waals surface area contributed by atoms with E-state index in [0.717, 1.165) is 5.56 Å². The summed E-state index contributed by atoms with van der Waals surface area (Å²) in [6, 6.07) is 1.82. The largest absolute Gasteiger partial charge is 0.466 e. The molecular weight excluding hydrogens is 230 g/mol. The molecule has 18 heavy (non-hydrogen) atoms. The molecule has 0 spiro atoms. The zero-order valence-electron chi connectivity index (χ0n) is 11.5. The summed E-state index contributed by atoms with van der Waals surface area (Å²) in [4.78, 5) is 15.6. The van der Waals surface area contributed by atoms with Gasteiger partial charge in [-0.1, -0.05) is 0 Å². The number of carbonyl (C=O) groups is 1. The topological polar surface area (TPSA) is 51.8 Å². The molecule has 0 amide bonds. The lowest BCUT2D eigenvalue weighted by atomic mass is 10.1. The molecule has 0 aliphatic heterocycles. The highest BCUT2D eigenvalue weighted by molar-refractivity contribution is 5.94. The standard InChI is InChI=1S/C14H19NO3/c1-10(8-12(16)17-5)13-11(6-7-18-13)9-15-14(2,3)4/h6-9H,1-5H3/b10-8+,15-9?. The highest BCUT2D eigenvalue weighted by Crippen LogP contribution is 2.19. The number of rotatable bonds is 3. The van der Waals surface area contributed by atoms with E-state index in [1.807, 2.05) is 26.8 Å². The van der Waals surface area contributed by atoms with Gasteiger partial charge in [-0.2, -0.15) is 0 Å². The summed E-state index contributed by atoms with van der Waals surface area (Å²) >= 11 is 0. The Morgan fingerprint density at radius 1 is 1.44 bits per heavy atom. The summed E-state index contributed by atoms with van der Waals surface area (Å²) in [5.41, 5.74) is 1.42. The van der Waals surface area contributed by atoms with Crippen LogP contribution in [0.3, 0.4) is 0 Å². The first-order chi connectivity index (χ1) is 8.33. The summed E-state index contributed by atoms with van der Waals surface area (Å²) in [6.45, 7) is 7.84. The molecule has 0 aromatic carbocycles. The molecule has 4 heteroatoms. The average molecular weight is 249 g/mol. The van der Waals surface area contributed by atoms with Crippen LogP contribution in [0.4, 0.5) is 0 Å².